The van der Waals surface area contributed by atoms with Gasteiger partial charge in [-0.2, -0.15) is 0 Å². The number of carbonyl (C=O) groups excluding carboxylic acids is 1. The summed E-state index contributed by atoms with van der Waals surface area (Å²) >= 11 is 0. The van der Waals surface area contributed by atoms with E-state index in [1.54, 1.807) is 13.2 Å². The summed E-state index contributed by atoms with van der Waals surface area (Å²) in [6.07, 6.45) is 6.14. The molecule has 192 valence electrons. The minimum absolute atomic E-state index is 0.291. The molecule has 0 radical (unpaired) electrons. The minimum Gasteiger partial charge on any atom is -0.469 e. The number of pyridine rings is 1. The van der Waals surface area contributed by atoms with Gasteiger partial charge in [-0.25, -0.2) is 9.78 Å². The molecule has 35 heavy (non-hydrogen) atoms. The van der Waals surface area contributed by atoms with Crippen LogP contribution in [-0.4, -0.2) is 48.1 Å². The van der Waals surface area contributed by atoms with Crippen LogP contribution in [0.4, 0.5) is 10.5 Å². The highest BCUT2D eigenvalue weighted by Crippen LogP contribution is 2.22. The van der Waals surface area contributed by atoms with Gasteiger partial charge in [0.15, 0.2) is 0 Å². The Bertz CT molecular complexity index is 975. The zero-order chi connectivity index (χ0) is 26.3. The maximum absolute atomic E-state index is 12.2. The standard InChI is InChI=1S/C28H41N3O4/c1-26(2,3)35-25(32)31(8)23-14-11-21(12-15-23)9-10-22-13-16-24(30-19-22)34-28(6,7)20-33-27(4,5)17-18-29/h9-16,19H,17-18,20,29H2,1-8H3/b10-9+. The number of aromatic nitrogens is 1. The van der Waals surface area contributed by atoms with Gasteiger partial charge in [0.1, 0.15) is 11.2 Å². The summed E-state index contributed by atoms with van der Waals surface area (Å²) in [7, 11) is 1.70. The number of rotatable bonds is 10. The van der Waals surface area contributed by atoms with E-state index in [2.05, 4.69) is 4.98 Å². The number of ether oxygens (including phenoxy) is 3. The zero-order valence-corrected chi connectivity index (χ0v) is 22.4. The van der Waals surface area contributed by atoms with Crippen molar-refractivity contribution in [3.63, 3.8) is 0 Å². The lowest BCUT2D eigenvalue weighted by atomic mass is 10.0. The van der Waals surface area contributed by atoms with Gasteiger partial charge in [-0.15, -0.1) is 0 Å². The van der Waals surface area contributed by atoms with Gasteiger partial charge in [0, 0.05) is 25.0 Å². The normalized spacial score (nSPS) is 12.6. The average Bonchev–Trinajstić information content (AvgIpc) is 2.76. The first-order chi connectivity index (χ1) is 16.2. The summed E-state index contributed by atoms with van der Waals surface area (Å²) in [6, 6.07) is 11.5. The van der Waals surface area contributed by atoms with Gasteiger partial charge in [0.05, 0.1) is 12.2 Å². The molecular formula is C28H41N3O4. The number of anilines is 1. The highest BCUT2D eigenvalue weighted by Gasteiger charge is 2.26. The van der Waals surface area contributed by atoms with Crippen LogP contribution in [0.15, 0.2) is 42.6 Å². The molecule has 0 saturated heterocycles. The number of nitrogens with two attached hydrogens (primary N) is 1. The van der Waals surface area contributed by atoms with Crippen LogP contribution in [0.2, 0.25) is 0 Å². The topological polar surface area (TPSA) is 86.9 Å². The molecule has 2 rings (SSSR count). The molecule has 1 amide bonds. The fourth-order valence-corrected chi connectivity index (χ4v) is 3.09. The summed E-state index contributed by atoms with van der Waals surface area (Å²) < 4.78 is 17.5. The van der Waals surface area contributed by atoms with E-state index in [1.807, 2.05) is 97.0 Å². The van der Waals surface area contributed by atoms with E-state index in [0.29, 0.717) is 19.0 Å². The third-order valence-electron chi connectivity index (χ3n) is 5.11. The molecule has 0 aliphatic carbocycles. The highest BCUT2D eigenvalue weighted by atomic mass is 16.6. The maximum atomic E-state index is 12.2. The Morgan fingerprint density at radius 1 is 0.943 bits per heavy atom. The fraction of sp³-hybridized carbons (Fsp3) is 0.500. The van der Waals surface area contributed by atoms with E-state index in [0.717, 1.165) is 23.2 Å². The van der Waals surface area contributed by atoms with Crippen LogP contribution >= 0.6 is 0 Å². The number of benzene rings is 1. The Kier molecular flexibility index (Phi) is 9.46. The zero-order valence-electron chi connectivity index (χ0n) is 22.4. The summed E-state index contributed by atoms with van der Waals surface area (Å²) in [5, 5.41) is 0. The number of hydrogen-bond acceptors (Lipinski definition) is 6. The van der Waals surface area contributed by atoms with E-state index in [-0.39, 0.29) is 11.7 Å². The molecule has 1 aromatic heterocycles. The van der Waals surface area contributed by atoms with Crippen LogP contribution in [0.25, 0.3) is 12.2 Å². The maximum Gasteiger partial charge on any atom is 0.414 e. The summed E-state index contributed by atoms with van der Waals surface area (Å²) in [6.45, 7) is 14.6. The van der Waals surface area contributed by atoms with E-state index >= 15 is 0 Å². The first-order valence-electron chi connectivity index (χ1n) is 11.9. The molecule has 7 nitrogen and oxygen atoms in total. The molecule has 0 spiro atoms. The SMILES string of the molecule is CN(C(=O)OC(C)(C)C)c1ccc(/C=C/c2ccc(OC(C)(C)COC(C)(C)CCN)nc2)cc1. The largest absolute Gasteiger partial charge is 0.469 e. The molecule has 0 aliphatic rings. The first-order valence-corrected chi connectivity index (χ1v) is 11.9. The van der Waals surface area contributed by atoms with Crippen molar-refractivity contribution in [3.8, 4) is 5.88 Å². The predicted molar refractivity (Wildman–Crippen MR) is 143 cm³/mol. The van der Waals surface area contributed by atoms with E-state index < -0.39 is 11.2 Å². The van der Waals surface area contributed by atoms with Gasteiger partial charge in [-0.1, -0.05) is 24.3 Å². The Balaban J connectivity index is 1.94. The van der Waals surface area contributed by atoms with Crippen LogP contribution in [-0.2, 0) is 9.47 Å². The first kappa shape index (κ1) is 28.3. The lowest BCUT2D eigenvalue weighted by Gasteiger charge is -2.32. The second-order valence-electron chi connectivity index (χ2n) is 10.8. The highest BCUT2D eigenvalue weighted by molar-refractivity contribution is 5.87. The molecule has 0 fully saturated rings. The molecule has 7 heteroatoms. The van der Waals surface area contributed by atoms with Crippen LogP contribution in [0.3, 0.4) is 0 Å². The molecule has 0 atom stereocenters. The number of amides is 1. The molecule has 0 saturated carbocycles. The quantitative estimate of drug-likeness (QED) is 0.451. The molecule has 0 aliphatic heterocycles. The average molecular weight is 484 g/mol. The van der Waals surface area contributed by atoms with Crippen molar-refractivity contribution in [2.75, 3.05) is 25.1 Å². The van der Waals surface area contributed by atoms with Crippen LogP contribution in [0.5, 0.6) is 5.88 Å². The third-order valence-corrected chi connectivity index (χ3v) is 5.11. The summed E-state index contributed by atoms with van der Waals surface area (Å²) in [4.78, 5) is 18.2. The predicted octanol–water partition coefficient (Wildman–Crippen LogP) is 5.92. The van der Waals surface area contributed by atoms with Crippen LogP contribution in [0, 0.1) is 0 Å². The van der Waals surface area contributed by atoms with E-state index in [1.165, 1.54) is 4.90 Å². The minimum atomic E-state index is -0.534. The van der Waals surface area contributed by atoms with Crippen molar-refractivity contribution in [1.82, 2.24) is 4.98 Å². The van der Waals surface area contributed by atoms with Crippen molar-refractivity contribution in [2.24, 2.45) is 5.73 Å². The lowest BCUT2D eigenvalue weighted by molar-refractivity contribution is -0.0844. The molecule has 2 aromatic rings. The second kappa shape index (κ2) is 11.7. The van der Waals surface area contributed by atoms with Gasteiger partial charge in [-0.3, -0.25) is 4.90 Å². The Hall–Kier alpha value is -2.90. The smallest absolute Gasteiger partial charge is 0.414 e. The Morgan fingerprint density at radius 3 is 2.09 bits per heavy atom. The van der Waals surface area contributed by atoms with Gasteiger partial charge in [0.2, 0.25) is 5.88 Å². The van der Waals surface area contributed by atoms with Crippen molar-refractivity contribution >= 4 is 23.9 Å². The second-order valence-corrected chi connectivity index (χ2v) is 10.8. The van der Waals surface area contributed by atoms with Crippen molar-refractivity contribution in [2.45, 2.75) is 71.7 Å². The van der Waals surface area contributed by atoms with Crippen molar-refractivity contribution in [3.05, 3.63) is 53.7 Å². The van der Waals surface area contributed by atoms with Crippen LogP contribution < -0.4 is 15.4 Å². The van der Waals surface area contributed by atoms with Gasteiger partial charge in [-0.05, 0) is 90.8 Å². The van der Waals surface area contributed by atoms with Crippen molar-refractivity contribution < 1.29 is 19.0 Å². The van der Waals surface area contributed by atoms with Crippen LogP contribution in [0.1, 0.15) is 66.0 Å². The molecule has 0 unspecified atom stereocenters. The van der Waals surface area contributed by atoms with E-state index in [9.17, 15) is 4.79 Å². The van der Waals surface area contributed by atoms with E-state index in [4.69, 9.17) is 19.9 Å². The summed E-state index contributed by atoms with van der Waals surface area (Å²) in [5.41, 5.74) is 7.02. The number of hydrogen-bond donors (Lipinski definition) is 1. The number of carbonyl (C=O) groups is 1. The Morgan fingerprint density at radius 2 is 1.54 bits per heavy atom. The fourth-order valence-electron chi connectivity index (χ4n) is 3.09. The molecular weight excluding hydrogens is 442 g/mol. The Labute approximate surface area is 210 Å². The van der Waals surface area contributed by atoms with Gasteiger partial charge in [0.25, 0.3) is 0 Å². The lowest BCUT2D eigenvalue weighted by Crippen LogP contribution is -2.39. The van der Waals surface area contributed by atoms with Gasteiger partial charge < -0.3 is 19.9 Å². The molecule has 1 aromatic carbocycles. The molecule has 0 bridgehead atoms. The van der Waals surface area contributed by atoms with Gasteiger partial charge >= 0.3 is 6.09 Å². The monoisotopic (exact) mass is 483 g/mol. The third kappa shape index (κ3) is 10.1. The number of nitrogens with zero attached hydrogens (tertiary/aromatic N) is 2. The molecule has 1 heterocycles. The summed E-state index contributed by atoms with van der Waals surface area (Å²) in [5.74, 6) is 0.543. The van der Waals surface area contributed by atoms with Crippen molar-refractivity contribution in [1.29, 1.82) is 0 Å². The molecule has 2 N–H and O–H groups in total.